The van der Waals surface area contributed by atoms with Gasteiger partial charge in [-0.05, 0) is 44.5 Å². The molecule has 0 radical (unpaired) electrons. The van der Waals surface area contributed by atoms with Gasteiger partial charge in [0.15, 0.2) is 11.6 Å². The van der Waals surface area contributed by atoms with Crippen LogP contribution in [0.25, 0.3) is 5.82 Å². The van der Waals surface area contributed by atoms with Crippen molar-refractivity contribution in [2.75, 3.05) is 25.0 Å². The van der Waals surface area contributed by atoms with E-state index in [0.29, 0.717) is 31.3 Å². The lowest BCUT2D eigenvalue weighted by molar-refractivity contribution is -0.137. The molecular formula is C25H28FN9O. The number of amides is 1. The first-order valence-corrected chi connectivity index (χ1v) is 11.8. The van der Waals surface area contributed by atoms with Gasteiger partial charge in [-0.2, -0.15) is 10.2 Å². The summed E-state index contributed by atoms with van der Waals surface area (Å²) in [6, 6.07) is 7.45. The summed E-state index contributed by atoms with van der Waals surface area (Å²) in [6.45, 7) is 7.03. The van der Waals surface area contributed by atoms with Crippen molar-refractivity contribution >= 4 is 11.9 Å². The summed E-state index contributed by atoms with van der Waals surface area (Å²) in [5.41, 5.74) is 4.62. The number of hydrogen-bond donors (Lipinski definition) is 1. The van der Waals surface area contributed by atoms with Gasteiger partial charge in [0.1, 0.15) is 0 Å². The third-order valence-corrected chi connectivity index (χ3v) is 6.50. The van der Waals surface area contributed by atoms with E-state index in [1.807, 2.05) is 43.9 Å². The highest BCUT2D eigenvalue weighted by Gasteiger charge is 2.37. The van der Waals surface area contributed by atoms with E-state index in [-0.39, 0.29) is 17.9 Å². The molecule has 0 saturated carbocycles. The van der Waals surface area contributed by atoms with Gasteiger partial charge in [-0.25, -0.2) is 24.0 Å². The second kappa shape index (κ2) is 9.48. The van der Waals surface area contributed by atoms with E-state index in [2.05, 4.69) is 25.3 Å². The minimum atomic E-state index is -0.422. The highest BCUT2D eigenvalue weighted by atomic mass is 19.1. The second-order valence-corrected chi connectivity index (χ2v) is 9.30. The number of rotatable bonds is 7. The number of carbonyl (C=O) groups is 1. The van der Waals surface area contributed by atoms with Crippen LogP contribution >= 0.6 is 0 Å². The Kier molecular flexibility index (Phi) is 6.21. The smallest absolute Gasteiger partial charge is 0.229 e. The summed E-state index contributed by atoms with van der Waals surface area (Å²) in [7, 11) is 1.81. The van der Waals surface area contributed by atoms with Gasteiger partial charge in [0.2, 0.25) is 11.9 Å². The predicted molar refractivity (Wildman–Crippen MR) is 131 cm³/mol. The van der Waals surface area contributed by atoms with Crippen LogP contribution in [0.1, 0.15) is 41.3 Å². The fourth-order valence-electron chi connectivity index (χ4n) is 4.31. The summed E-state index contributed by atoms with van der Waals surface area (Å²) in [4.78, 5) is 30.6. The first-order chi connectivity index (χ1) is 17.3. The summed E-state index contributed by atoms with van der Waals surface area (Å²) >= 11 is 0. The minimum absolute atomic E-state index is 0.0665. The molecule has 0 unspecified atom stereocenters. The van der Waals surface area contributed by atoms with Crippen molar-refractivity contribution in [1.29, 1.82) is 0 Å². The molecule has 1 fully saturated rings. The molecule has 4 aromatic rings. The van der Waals surface area contributed by atoms with Gasteiger partial charge < -0.3 is 9.80 Å². The number of halogens is 1. The molecule has 1 aliphatic heterocycles. The van der Waals surface area contributed by atoms with E-state index in [1.54, 1.807) is 24.2 Å². The number of nitrogens with one attached hydrogen (secondary N) is 1. The van der Waals surface area contributed by atoms with Crippen molar-refractivity contribution in [2.45, 2.75) is 33.2 Å². The molecule has 5 rings (SSSR count). The lowest BCUT2D eigenvalue weighted by Gasteiger charge is -2.41. The lowest BCUT2D eigenvalue weighted by Crippen LogP contribution is -2.55. The number of aromatic nitrogens is 7. The van der Waals surface area contributed by atoms with E-state index < -0.39 is 5.82 Å². The van der Waals surface area contributed by atoms with Crippen LogP contribution in [0.15, 0.2) is 42.9 Å². The summed E-state index contributed by atoms with van der Waals surface area (Å²) < 4.78 is 14.6. The Morgan fingerprint density at radius 3 is 2.64 bits per heavy atom. The number of carbonyl (C=O) groups excluding carboxylic acids is 1. The average Bonchev–Trinajstić information content (AvgIpc) is 3.44. The number of anilines is 1. The summed E-state index contributed by atoms with van der Waals surface area (Å²) in [5, 5.41) is 11.2. The molecule has 10 nitrogen and oxygen atoms in total. The molecule has 0 bridgehead atoms. The Morgan fingerprint density at radius 2 is 2.00 bits per heavy atom. The van der Waals surface area contributed by atoms with Crippen molar-refractivity contribution < 1.29 is 9.18 Å². The topological polar surface area (TPSA) is 109 Å². The molecular weight excluding hydrogens is 461 g/mol. The van der Waals surface area contributed by atoms with Crippen LogP contribution in [0, 0.1) is 25.6 Å². The fraction of sp³-hybridized carbons (Fsp3) is 0.360. The highest BCUT2D eigenvalue weighted by Crippen LogP contribution is 2.27. The van der Waals surface area contributed by atoms with Gasteiger partial charge in [0.05, 0.1) is 35.7 Å². The Hall–Kier alpha value is -4.15. The number of nitrogens with zero attached hydrogens (tertiary/aromatic N) is 8. The molecule has 0 spiro atoms. The molecule has 1 saturated heterocycles. The lowest BCUT2D eigenvalue weighted by atomic mass is 9.97. The van der Waals surface area contributed by atoms with Gasteiger partial charge >= 0.3 is 0 Å². The Bertz CT molecular complexity index is 1370. The molecule has 186 valence electrons. The first kappa shape index (κ1) is 23.6. The quantitative estimate of drug-likeness (QED) is 0.425. The Morgan fingerprint density at radius 1 is 1.19 bits per heavy atom. The van der Waals surface area contributed by atoms with Crippen molar-refractivity contribution in [1.82, 2.24) is 39.8 Å². The van der Waals surface area contributed by atoms with Crippen molar-refractivity contribution in [3.63, 3.8) is 0 Å². The Balaban J connectivity index is 1.20. The maximum atomic E-state index is 13.2. The van der Waals surface area contributed by atoms with E-state index in [4.69, 9.17) is 4.98 Å². The maximum Gasteiger partial charge on any atom is 0.229 e. The fourth-order valence-corrected chi connectivity index (χ4v) is 4.31. The van der Waals surface area contributed by atoms with Gasteiger partial charge in [0.25, 0.3) is 0 Å². The highest BCUT2D eigenvalue weighted by molar-refractivity contribution is 5.82. The van der Waals surface area contributed by atoms with Crippen LogP contribution in [0.5, 0.6) is 0 Å². The maximum absolute atomic E-state index is 13.2. The zero-order valence-corrected chi connectivity index (χ0v) is 20.7. The standard InChI is InChI=1S/C25H28FN9O/c1-15-7-21(9-22-8-16(2)31-32-22)30-25(29-15)34-12-19(13-34)24(36)33(4)17(3)18-5-6-23(27-10-18)35-14-20(26)11-28-35/h5-8,10-11,14,17,19H,9,12-13H2,1-4H3,(H,31,32)/t17-/m0/s1. The van der Waals surface area contributed by atoms with Crippen LogP contribution < -0.4 is 4.90 Å². The SMILES string of the molecule is Cc1cc(Cc2cc(C)[nH]n2)nc(N2CC(C(=O)N(C)[C@@H](C)c3ccc(-n4cc(F)cn4)nc3)C2)n1. The molecule has 5 heterocycles. The molecule has 11 heteroatoms. The van der Waals surface area contributed by atoms with Gasteiger partial charge in [-0.15, -0.1) is 0 Å². The normalized spacial score (nSPS) is 14.5. The molecule has 0 aromatic carbocycles. The number of hydrogen-bond acceptors (Lipinski definition) is 7. The van der Waals surface area contributed by atoms with Crippen molar-refractivity contribution in [3.05, 3.63) is 77.0 Å². The number of aromatic amines is 1. The van der Waals surface area contributed by atoms with Crippen molar-refractivity contribution in [2.24, 2.45) is 5.92 Å². The number of aryl methyl sites for hydroxylation is 2. The molecule has 1 amide bonds. The third-order valence-electron chi connectivity index (χ3n) is 6.50. The van der Waals surface area contributed by atoms with Crippen LogP contribution in [-0.2, 0) is 11.2 Å². The number of H-pyrrole nitrogens is 1. The molecule has 1 N–H and O–H groups in total. The van der Waals surface area contributed by atoms with Crippen LogP contribution in [0.4, 0.5) is 10.3 Å². The van der Waals surface area contributed by atoms with Crippen LogP contribution in [0.2, 0.25) is 0 Å². The molecule has 1 aliphatic rings. The molecule has 4 aromatic heterocycles. The zero-order valence-electron chi connectivity index (χ0n) is 20.7. The third kappa shape index (κ3) is 4.81. The van der Waals surface area contributed by atoms with Crippen molar-refractivity contribution in [3.8, 4) is 5.82 Å². The van der Waals surface area contributed by atoms with E-state index in [1.165, 1.54) is 10.9 Å². The van der Waals surface area contributed by atoms with Gasteiger partial charge in [0, 0.05) is 44.1 Å². The van der Waals surface area contributed by atoms with Crippen LogP contribution in [0.3, 0.4) is 0 Å². The summed E-state index contributed by atoms with van der Waals surface area (Å²) in [5.74, 6) is 0.676. The van der Waals surface area contributed by atoms with E-state index in [0.717, 1.165) is 34.5 Å². The van der Waals surface area contributed by atoms with E-state index >= 15 is 0 Å². The zero-order chi connectivity index (χ0) is 25.4. The molecule has 0 aliphatic carbocycles. The molecule has 36 heavy (non-hydrogen) atoms. The monoisotopic (exact) mass is 489 g/mol. The predicted octanol–water partition coefficient (Wildman–Crippen LogP) is 2.78. The second-order valence-electron chi connectivity index (χ2n) is 9.30. The average molecular weight is 490 g/mol. The van der Waals surface area contributed by atoms with Gasteiger partial charge in [-0.3, -0.25) is 9.89 Å². The van der Waals surface area contributed by atoms with E-state index in [9.17, 15) is 9.18 Å². The largest absolute Gasteiger partial charge is 0.339 e. The Labute approximate surface area is 208 Å². The first-order valence-electron chi connectivity index (χ1n) is 11.8. The minimum Gasteiger partial charge on any atom is -0.339 e. The molecule has 1 atom stereocenters. The number of pyridine rings is 1. The summed E-state index contributed by atoms with van der Waals surface area (Å²) in [6.07, 6.45) is 4.72. The van der Waals surface area contributed by atoms with Gasteiger partial charge in [-0.1, -0.05) is 6.07 Å². The van der Waals surface area contributed by atoms with Crippen LogP contribution in [-0.4, -0.2) is 65.9 Å².